The smallest absolute Gasteiger partial charge is 0.0175 e. The van der Waals surface area contributed by atoms with Crippen molar-refractivity contribution >= 4 is 22.0 Å². The van der Waals surface area contributed by atoms with Gasteiger partial charge in [0.2, 0.25) is 0 Å². The summed E-state index contributed by atoms with van der Waals surface area (Å²) in [5, 5.41) is 0. The van der Waals surface area contributed by atoms with E-state index in [0.29, 0.717) is 11.3 Å². The first-order valence-electron chi connectivity index (χ1n) is 8.22. The molecule has 0 radical (unpaired) electrons. The van der Waals surface area contributed by atoms with Crippen molar-refractivity contribution in [3.8, 4) is 0 Å². The summed E-state index contributed by atoms with van der Waals surface area (Å²) in [6.07, 6.45) is 7.24. The fraction of sp³-hybridized carbons (Fsp3) is 0.524. The molecule has 22 heavy (non-hydrogen) atoms. The van der Waals surface area contributed by atoms with Gasteiger partial charge in [-0.1, -0.05) is 92.9 Å². The van der Waals surface area contributed by atoms with Gasteiger partial charge in [-0.15, -0.1) is 0 Å². The third-order valence-electron chi connectivity index (χ3n) is 4.62. The number of hydrogen-bond donors (Lipinski definition) is 0. The summed E-state index contributed by atoms with van der Waals surface area (Å²) in [5.41, 5.74) is 5.02. The van der Waals surface area contributed by atoms with Gasteiger partial charge in [-0.25, -0.2) is 0 Å². The summed E-state index contributed by atoms with van der Waals surface area (Å²) >= 11 is 3.51. The second-order valence-electron chi connectivity index (χ2n) is 8.65. The second-order valence-corrected chi connectivity index (χ2v) is 9.57. The normalized spacial score (nSPS) is 21.9. The molecule has 0 aliphatic heterocycles. The Morgan fingerprint density at radius 1 is 1.00 bits per heavy atom. The van der Waals surface area contributed by atoms with Crippen molar-refractivity contribution in [3.63, 3.8) is 0 Å². The largest absolute Gasteiger partial charge is 0.0805 e. The molecule has 0 spiro atoms. The van der Waals surface area contributed by atoms with Gasteiger partial charge in [-0.3, -0.25) is 0 Å². The highest BCUT2D eigenvalue weighted by atomic mass is 79.9. The topological polar surface area (TPSA) is 0 Å². The Labute approximate surface area is 144 Å². The molecule has 0 fully saturated rings. The van der Waals surface area contributed by atoms with Crippen LogP contribution in [0, 0.1) is 16.7 Å². The van der Waals surface area contributed by atoms with E-state index in [9.17, 15) is 0 Å². The van der Waals surface area contributed by atoms with Crippen molar-refractivity contribution in [1.82, 2.24) is 0 Å². The Morgan fingerprint density at radius 2 is 1.59 bits per heavy atom. The maximum Gasteiger partial charge on any atom is 0.0175 e. The van der Waals surface area contributed by atoms with Gasteiger partial charge < -0.3 is 0 Å². The molecule has 1 heteroatoms. The predicted molar refractivity (Wildman–Crippen MR) is 102 cm³/mol. The van der Waals surface area contributed by atoms with Crippen LogP contribution in [0.3, 0.4) is 0 Å². The average Bonchev–Trinajstić information content (AvgIpc) is 2.39. The molecule has 1 aromatic rings. The zero-order chi connectivity index (χ0) is 16.5. The molecule has 1 unspecified atom stereocenters. The van der Waals surface area contributed by atoms with Crippen molar-refractivity contribution in [2.75, 3.05) is 0 Å². The average molecular weight is 361 g/mol. The first-order chi connectivity index (χ1) is 10.1. The van der Waals surface area contributed by atoms with Gasteiger partial charge in [-0.05, 0) is 47.3 Å². The van der Waals surface area contributed by atoms with Gasteiger partial charge in [0.05, 0.1) is 0 Å². The molecular weight excluding hydrogens is 332 g/mol. The first kappa shape index (κ1) is 17.5. The lowest BCUT2D eigenvalue weighted by molar-refractivity contribution is 0.277. The molecule has 0 saturated heterocycles. The lowest BCUT2D eigenvalue weighted by Gasteiger charge is -2.37. The van der Waals surface area contributed by atoms with Crippen molar-refractivity contribution in [2.24, 2.45) is 16.7 Å². The van der Waals surface area contributed by atoms with E-state index in [2.05, 4.69) is 93.9 Å². The van der Waals surface area contributed by atoms with Gasteiger partial charge in [0.1, 0.15) is 0 Å². The van der Waals surface area contributed by atoms with Gasteiger partial charge in [0, 0.05) is 4.47 Å². The summed E-state index contributed by atoms with van der Waals surface area (Å²) in [4.78, 5) is 0. The fourth-order valence-electron chi connectivity index (χ4n) is 2.94. The maximum absolute atomic E-state index is 3.51. The molecule has 0 nitrogen and oxygen atoms in total. The van der Waals surface area contributed by atoms with E-state index in [0.717, 1.165) is 10.9 Å². The minimum absolute atomic E-state index is 0.253. The van der Waals surface area contributed by atoms with Crippen LogP contribution in [-0.4, -0.2) is 0 Å². The molecule has 0 N–H and O–H groups in total. The summed E-state index contributed by atoms with van der Waals surface area (Å²) in [6.45, 7) is 14.1. The van der Waals surface area contributed by atoms with Gasteiger partial charge in [0.25, 0.3) is 0 Å². The van der Waals surface area contributed by atoms with E-state index >= 15 is 0 Å². The zero-order valence-corrected chi connectivity index (χ0v) is 16.4. The second kappa shape index (κ2) is 6.35. The summed E-state index contributed by atoms with van der Waals surface area (Å²) in [5.74, 6) is 0.622. The molecule has 0 amide bonds. The van der Waals surface area contributed by atoms with E-state index in [-0.39, 0.29) is 5.41 Å². The van der Waals surface area contributed by atoms with E-state index in [4.69, 9.17) is 0 Å². The molecule has 0 heterocycles. The minimum atomic E-state index is 0.253. The van der Waals surface area contributed by atoms with Crippen LogP contribution in [0.5, 0.6) is 0 Å². The van der Waals surface area contributed by atoms with Crippen LogP contribution in [0.15, 0.2) is 46.0 Å². The van der Waals surface area contributed by atoms with Crippen LogP contribution in [0.25, 0.3) is 6.08 Å². The van der Waals surface area contributed by atoms with Crippen molar-refractivity contribution < 1.29 is 0 Å². The molecular formula is C21H29Br. The lowest BCUT2D eigenvalue weighted by atomic mass is 9.68. The lowest BCUT2D eigenvalue weighted by Crippen LogP contribution is -2.25. The molecule has 1 aliphatic rings. The molecule has 0 bridgehead atoms. The molecule has 1 aliphatic carbocycles. The van der Waals surface area contributed by atoms with Crippen LogP contribution in [-0.2, 0) is 0 Å². The summed E-state index contributed by atoms with van der Waals surface area (Å²) in [6, 6.07) is 8.63. The molecule has 1 atom stereocenters. The van der Waals surface area contributed by atoms with Gasteiger partial charge in [-0.2, -0.15) is 0 Å². The van der Waals surface area contributed by atoms with Crippen LogP contribution < -0.4 is 0 Å². The minimum Gasteiger partial charge on any atom is -0.0805 e. The fourth-order valence-corrected chi connectivity index (χ4v) is 3.20. The number of rotatable bonds is 1. The molecule has 0 aromatic heterocycles. The van der Waals surface area contributed by atoms with Gasteiger partial charge in [0.15, 0.2) is 0 Å². The summed E-state index contributed by atoms with van der Waals surface area (Å²) < 4.78 is 1.14. The highest BCUT2D eigenvalue weighted by molar-refractivity contribution is 9.10. The third-order valence-corrected chi connectivity index (χ3v) is 5.15. The van der Waals surface area contributed by atoms with Gasteiger partial charge >= 0.3 is 0 Å². The van der Waals surface area contributed by atoms with E-state index in [1.807, 2.05) is 0 Å². The molecule has 120 valence electrons. The Hall–Kier alpha value is -0.820. The van der Waals surface area contributed by atoms with Crippen LogP contribution in [0.4, 0.5) is 0 Å². The van der Waals surface area contributed by atoms with Crippen LogP contribution in [0.2, 0.25) is 0 Å². The molecule has 2 rings (SSSR count). The Balaban J connectivity index is 2.34. The Bertz CT molecular complexity index is 574. The Kier molecular flexibility index (Phi) is 5.06. The van der Waals surface area contributed by atoms with E-state index in [1.165, 1.54) is 12.0 Å². The number of allylic oxidation sites excluding steroid dienone is 3. The van der Waals surface area contributed by atoms with Crippen LogP contribution >= 0.6 is 15.9 Å². The number of benzene rings is 1. The summed E-state index contributed by atoms with van der Waals surface area (Å²) in [7, 11) is 0. The molecule has 0 saturated carbocycles. The first-order valence-corrected chi connectivity index (χ1v) is 9.01. The zero-order valence-electron chi connectivity index (χ0n) is 14.8. The standard InChI is InChI=1S/C21H29Br/c1-20(2,3)17-12-16(13-18(14-17)21(4,5)6)11-15-7-9-19(22)10-8-15/h7-11,14,17H,12-13H2,1-6H3. The van der Waals surface area contributed by atoms with Crippen LogP contribution in [0.1, 0.15) is 59.9 Å². The quantitative estimate of drug-likeness (QED) is 0.462. The molecule has 1 aromatic carbocycles. The third kappa shape index (κ3) is 4.59. The number of hydrogen-bond acceptors (Lipinski definition) is 0. The van der Waals surface area contributed by atoms with Crippen molar-refractivity contribution in [3.05, 3.63) is 51.5 Å². The predicted octanol–water partition coefficient (Wildman–Crippen LogP) is 7.26. The number of halogens is 1. The van der Waals surface area contributed by atoms with Crippen molar-refractivity contribution in [2.45, 2.75) is 54.4 Å². The highest BCUT2D eigenvalue weighted by Gasteiger charge is 2.30. The van der Waals surface area contributed by atoms with Crippen molar-refractivity contribution in [1.29, 1.82) is 0 Å². The highest BCUT2D eigenvalue weighted by Crippen LogP contribution is 2.44. The van der Waals surface area contributed by atoms with E-state index in [1.54, 1.807) is 11.1 Å². The van der Waals surface area contributed by atoms with E-state index < -0.39 is 0 Å². The Morgan fingerprint density at radius 3 is 2.09 bits per heavy atom. The SMILES string of the molecule is CC(C)(C)C1=CC(C(C)(C)C)CC(=Cc2ccc(Br)cc2)C1. The monoisotopic (exact) mass is 360 g/mol. The maximum atomic E-state index is 3.51.